The lowest BCUT2D eigenvalue weighted by Crippen LogP contribution is -1.77. The molecule has 24 heavy (non-hydrogen) atoms. The number of benzene rings is 1. The van der Waals surface area contributed by atoms with Crippen LogP contribution in [0.25, 0.3) is 22.0 Å². The van der Waals surface area contributed by atoms with E-state index in [0.29, 0.717) is 21.9 Å². The van der Waals surface area contributed by atoms with Crippen molar-refractivity contribution in [1.29, 1.82) is 0 Å². The summed E-state index contributed by atoms with van der Waals surface area (Å²) in [7, 11) is 0. The smallest absolute Gasteiger partial charge is 0.277 e. The molecule has 0 amide bonds. The van der Waals surface area contributed by atoms with Crippen LogP contribution < -0.4 is 0 Å². The second kappa shape index (κ2) is 6.80. The van der Waals surface area contributed by atoms with E-state index >= 15 is 0 Å². The summed E-state index contributed by atoms with van der Waals surface area (Å²) in [5.41, 5.74) is 1.73. The maximum absolute atomic E-state index is 5.89. The summed E-state index contributed by atoms with van der Waals surface area (Å²) < 4.78 is 11.0. The van der Waals surface area contributed by atoms with Crippen LogP contribution in [-0.4, -0.2) is 15.4 Å². The zero-order chi connectivity index (χ0) is 16.4. The van der Waals surface area contributed by atoms with E-state index in [1.807, 2.05) is 47.8 Å². The maximum Gasteiger partial charge on any atom is 0.277 e. The van der Waals surface area contributed by atoms with Crippen LogP contribution in [0.3, 0.4) is 0 Å². The molecule has 0 aliphatic heterocycles. The fraction of sp³-hybridized carbons (Fsp3) is 0.0625. The van der Waals surface area contributed by atoms with Gasteiger partial charge >= 0.3 is 0 Å². The molecule has 3 aromatic heterocycles. The summed E-state index contributed by atoms with van der Waals surface area (Å²) in [4.78, 5) is 0.957. The molecule has 0 spiro atoms. The zero-order valence-corrected chi connectivity index (χ0v) is 14.6. The summed E-state index contributed by atoms with van der Waals surface area (Å²) in [6, 6.07) is 13.2. The Morgan fingerprint density at radius 2 is 2.00 bits per heavy atom. The van der Waals surface area contributed by atoms with Gasteiger partial charge in [0.25, 0.3) is 11.1 Å². The molecule has 1 aromatic carbocycles. The van der Waals surface area contributed by atoms with Crippen molar-refractivity contribution in [3.8, 4) is 22.0 Å². The minimum absolute atomic E-state index is 0.503. The summed E-state index contributed by atoms with van der Waals surface area (Å²) >= 11 is 8.87. The minimum atomic E-state index is 0.503. The fourth-order valence-corrected chi connectivity index (χ4v) is 3.45. The molecular weight excluding hydrogens is 366 g/mol. The highest BCUT2D eigenvalue weighted by Crippen LogP contribution is 2.29. The molecule has 0 saturated carbocycles. The topological polar surface area (TPSA) is 65.0 Å². The van der Waals surface area contributed by atoms with Gasteiger partial charge in [-0.05, 0) is 23.6 Å². The fourth-order valence-electron chi connectivity index (χ4n) is 2.04. The van der Waals surface area contributed by atoms with Crippen molar-refractivity contribution in [2.75, 3.05) is 0 Å². The van der Waals surface area contributed by atoms with Crippen LogP contribution in [0.1, 0.15) is 5.76 Å². The van der Waals surface area contributed by atoms with Crippen LogP contribution in [0, 0.1) is 0 Å². The van der Waals surface area contributed by atoms with Crippen molar-refractivity contribution in [2.45, 2.75) is 11.0 Å². The highest BCUT2D eigenvalue weighted by Gasteiger charge is 2.12. The number of hydrogen-bond donors (Lipinski definition) is 0. The van der Waals surface area contributed by atoms with Crippen LogP contribution in [0.2, 0.25) is 5.02 Å². The van der Waals surface area contributed by atoms with E-state index in [1.165, 1.54) is 11.8 Å². The van der Waals surface area contributed by atoms with Gasteiger partial charge in [-0.3, -0.25) is 0 Å². The highest BCUT2D eigenvalue weighted by molar-refractivity contribution is 7.98. The Kier molecular flexibility index (Phi) is 4.38. The van der Waals surface area contributed by atoms with Gasteiger partial charge in [0, 0.05) is 16.7 Å². The lowest BCUT2D eigenvalue weighted by Gasteiger charge is -1.94. The molecule has 0 aliphatic carbocycles. The van der Waals surface area contributed by atoms with Gasteiger partial charge in [-0.15, -0.1) is 21.5 Å². The number of thioether (sulfide) groups is 1. The van der Waals surface area contributed by atoms with Crippen molar-refractivity contribution in [2.24, 2.45) is 0 Å². The van der Waals surface area contributed by atoms with Crippen LogP contribution in [0.5, 0.6) is 0 Å². The first-order valence-corrected chi connectivity index (χ1v) is 9.24. The Bertz CT molecular complexity index is 933. The minimum Gasteiger partial charge on any atom is -0.410 e. The van der Waals surface area contributed by atoms with E-state index in [0.717, 1.165) is 21.9 Å². The number of aromatic nitrogens is 3. The van der Waals surface area contributed by atoms with Gasteiger partial charge < -0.3 is 8.94 Å². The number of hydrogen-bond acceptors (Lipinski definition) is 7. The molecule has 0 aliphatic rings. The van der Waals surface area contributed by atoms with Gasteiger partial charge in [-0.25, -0.2) is 0 Å². The van der Waals surface area contributed by atoms with Crippen molar-refractivity contribution < 1.29 is 8.94 Å². The molecule has 0 unspecified atom stereocenters. The number of thiophene rings is 1. The summed E-state index contributed by atoms with van der Waals surface area (Å²) in [5, 5.41) is 15.3. The first kappa shape index (κ1) is 15.4. The maximum atomic E-state index is 5.89. The summed E-state index contributed by atoms with van der Waals surface area (Å²) in [5.74, 6) is 1.83. The highest BCUT2D eigenvalue weighted by atomic mass is 35.5. The zero-order valence-electron chi connectivity index (χ0n) is 12.2. The molecular formula is C16H10ClN3O2S2. The van der Waals surface area contributed by atoms with E-state index in [9.17, 15) is 0 Å². The standard InChI is InChI=1S/C16H10ClN3O2S2/c17-11-5-3-10(4-6-11)13-8-12(22-20-13)9-24-16-19-18-15(21-16)14-2-1-7-23-14/h1-8H,9H2. The van der Waals surface area contributed by atoms with Crippen LogP contribution >= 0.6 is 34.7 Å². The van der Waals surface area contributed by atoms with Crippen LogP contribution in [0.4, 0.5) is 0 Å². The van der Waals surface area contributed by atoms with E-state index in [1.54, 1.807) is 11.3 Å². The average Bonchev–Trinajstić information content (AvgIpc) is 3.34. The van der Waals surface area contributed by atoms with Crippen LogP contribution in [0.15, 0.2) is 62.0 Å². The third-order valence-corrected chi connectivity index (χ3v) is 5.13. The van der Waals surface area contributed by atoms with Gasteiger partial charge in [-0.2, -0.15) is 0 Å². The van der Waals surface area contributed by atoms with E-state index < -0.39 is 0 Å². The molecule has 0 fully saturated rings. The molecule has 3 heterocycles. The Hall–Kier alpha value is -2.09. The Morgan fingerprint density at radius 3 is 2.79 bits per heavy atom. The Morgan fingerprint density at radius 1 is 1.12 bits per heavy atom. The third kappa shape index (κ3) is 3.38. The molecule has 0 saturated heterocycles. The molecule has 4 rings (SSSR count). The molecule has 0 bridgehead atoms. The van der Waals surface area contributed by atoms with Gasteiger partial charge in [-0.1, -0.05) is 46.7 Å². The normalized spacial score (nSPS) is 11.0. The lowest BCUT2D eigenvalue weighted by atomic mass is 10.1. The third-order valence-electron chi connectivity index (χ3n) is 3.18. The van der Waals surface area contributed by atoms with Crippen molar-refractivity contribution in [1.82, 2.24) is 15.4 Å². The van der Waals surface area contributed by atoms with Crippen molar-refractivity contribution >= 4 is 34.7 Å². The first-order chi connectivity index (χ1) is 11.8. The van der Waals surface area contributed by atoms with Gasteiger partial charge in [0.1, 0.15) is 11.5 Å². The number of halogens is 1. The largest absolute Gasteiger partial charge is 0.410 e. The van der Waals surface area contributed by atoms with Crippen molar-refractivity contribution in [3.63, 3.8) is 0 Å². The molecule has 0 radical (unpaired) electrons. The Balaban J connectivity index is 1.42. The van der Waals surface area contributed by atoms with Gasteiger partial charge in [0.05, 0.1) is 10.6 Å². The van der Waals surface area contributed by atoms with E-state index in [-0.39, 0.29) is 0 Å². The number of rotatable bonds is 5. The first-order valence-electron chi connectivity index (χ1n) is 6.99. The second-order valence-corrected chi connectivity index (χ2v) is 7.14. The monoisotopic (exact) mass is 375 g/mol. The molecule has 0 atom stereocenters. The number of nitrogens with zero attached hydrogens (tertiary/aromatic N) is 3. The summed E-state index contributed by atoms with van der Waals surface area (Å²) in [6.45, 7) is 0. The van der Waals surface area contributed by atoms with Crippen molar-refractivity contribution in [3.05, 3.63) is 58.6 Å². The SMILES string of the molecule is Clc1ccc(-c2cc(CSc3nnc(-c4cccs4)o3)on2)cc1. The molecule has 5 nitrogen and oxygen atoms in total. The average molecular weight is 376 g/mol. The van der Waals surface area contributed by atoms with Gasteiger partial charge in [0.2, 0.25) is 0 Å². The quantitative estimate of drug-likeness (QED) is 0.435. The van der Waals surface area contributed by atoms with E-state index in [2.05, 4.69) is 15.4 Å². The van der Waals surface area contributed by atoms with Gasteiger partial charge in [0.15, 0.2) is 0 Å². The molecule has 4 aromatic rings. The summed E-state index contributed by atoms with van der Waals surface area (Å²) in [6.07, 6.45) is 0. The molecule has 0 N–H and O–H groups in total. The van der Waals surface area contributed by atoms with E-state index in [4.69, 9.17) is 20.5 Å². The predicted molar refractivity (Wildman–Crippen MR) is 94.1 cm³/mol. The molecule has 120 valence electrons. The molecule has 8 heteroatoms. The van der Waals surface area contributed by atoms with Crippen LogP contribution in [-0.2, 0) is 5.75 Å². The predicted octanol–water partition coefficient (Wildman–Crippen LogP) is 5.40. The lowest BCUT2D eigenvalue weighted by molar-refractivity contribution is 0.396. The second-order valence-electron chi connectivity index (χ2n) is 4.82. The Labute approximate surface area is 150 Å².